The van der Waals surface area contributed by atoms with Gasteiger partial charge < -0.3 is 24.8 Å². The molecule has 0 aliphatic carbocycles. The van der Waals surface area contributed by atoms with E-state index in [-0.39, 0.29) is 5.82 Å². The Morgan fingerprint density at radius 2 is 2.03 bits per heavy atom. The second kappa shape index (κ2) is 7.54. The summed E-state index contributed by atoms with van der Waals surface area (Å²) in [5.74, 6) is 0.387. The molecule has 1 aromatic heterocycles. The topological polar surface area (TPSA) is 68.7 Å². The Bertz CT molecular complexity index is 1080. The number of halogens is 2. The maximum atomic E-state index is 13.6. The average molecular weight is 431 g/mol. The van der Waals surface area contributed by atoms with E-state index in [1.165, 1.54) is 12.1 Å². The normalized spacial score (nSPS) is 22.1. The number of piperidine rings is 1. The van der Waals surface area contributed by atoms with Gasteiger partial charge in [0.1, 0.15) is 17.2 Å². The Morgan fingerprint density at radius 3 is 2.83 bits per heavy atom. The number of fused-ring (bicyclic) bond motifs is 2. The number of β-amino-alcohol motifs (C(OH)–C–C–N with tert-alkyl or cyclic N) is 1. The Morgan fingerprint density at radius 1 is 1.23 bits per heavy atom. The van der Waals surface area contributed by atoms with Crippen LogP contribution < -0.4 is 4.74 Å². The smallest absolute Gasteiger partial charge is 0.126 e. The number of rotatable bonds is 3. The lowest BCUT2D eigenvalue weighted by Crippen LogP contribution is -2.51. The van der Waals surface area contributed by atoms with Gasteiger partial charge in [-0.15, -0.1) is 0 Å². The number of aromatic amines is 1. The van der Waals surface area contributed by atoms with E-state index in [1.54, 1.807) is 24.4 Å². The molecule has 30 heavy (non-hydrogen) atoms. The van der Waals surface area contributed by atoms with E-state index in [9.17, 15) is 14.6 Å². The van der Waals surface area contributed by atoms with Crippen LogP contribution in [0.4, 0.5) is 4.39 Å². The quantitative estimate of drug-likeness (QED) is 0.578. The molecule has 3 heterocycles. The number of hydrogen-bond donors (Lipinski definition) is 3. The van der Waals surface area contributed by atoms with Gasteiger partial charge in [0, 0.05) is 59.3 Å². The lowest BCUT2D eigenvalue weighted by molar-refractivity contribution is -0.0587. The number of H-pyrrole nitrogens is 1. The minimum atomic E-state index is -0.713. The molecule has 1 saturated heterocycles. The molecule has 0 unspecified atom stereocenters. The third-order valence-electron chi connectivity index (χ3n) is 6.46. The first-order chi connectivity index (χ1) is 14.4. The highest BCUT2D eigenvalue weighted by Crippen LogP contribution is 2.45. The number of aromatic nitrogens is 1. The second-order valence-electron chi connectivity index (χ2n) is 8.44. The van der Waals surface area contributed by atoms with E-state index in [2.05, 4.69) is 9.88 Å². The lowest BCUT2D eigenvalue weighted by Gasteiger charge is -2.46. The van der Waals surface area contributed by atoms with Crippen LogP contribution in [0.25, 0.3) is 10.9 Å². The fourth-order valence-electron chi connectivity index (χ4n) is 4.79. The molecule has 1 spiro atoms. The zero-order valence-corrected chi connectivity index (χ0v) is 17.2. The molecular weight excluding hydrogens is 407 g/mol. The van der Waals surface area contributed by atoms with E-state index in [4.69, 9.17) is 16.3 Å². The molecule has 0 radical (unpaired) electrons. The SMILES string of the molecule is O[C@H]1CC2(CCN(C[C@H](O)c3c[nH]c4ccc(F)cc34)CC2)Oc2ccc(Cl)cc21. The lowest BCUT2D eigenvalue weighted by atomic mass is 9.81. The summed E-state index contributed by atoms with van der Waals surface area (Å²) in [5.41, 5.74) is 1.87. The van der Waals surface area contributed by atoms with Crippen LogP contribution >= 0.6 is 11.6 Å². The molecule has 3 aromatic rings. The molecule has 158 valence electrons. The molecule has 2 aromatic carbocycles. The highest BCUT2D eigenvalue weighted by molar-refractivity contribution is 6.30. The van der Waals surface area contributed by atoms with Crippen molar-refractivity contribution in [2.45, 2.75) is 37.1 Å². The van der Waals surface area contributed by atoms with E-state index in [0.29, 0.717) is 34.7 Å². The van der Waals surface area contributed by atoms with E-state index >= 15 is 0 Å². The number of ether oxygens (including phenoxy) is 1. The number of likely N-dealkylation sites (tertiary alicyclic amines) is 1. The third-order valence-corrected chi connectivity index (χ3v) is 6.69. The summed E-state index contributed by atoms with van der Waals surface area (Å²) < 4.78 is 20.0. The van der Waals surface area contributed by atoms with E-state index in [0.717, 1.165) is 37.0 Å². The molecule has 2 aliphatic heterocycles. The molecule has 2 atom stereocenters. The van der Waals surface area contributed by atoms with Crippen LogP contribution in [0.5, 0.6) is 5.75 Å². The number of aliphatic hydroxyl groups excluding tert-OH is 2. The number of hydrogen-bond acceptors (Lipinski definition) is 4. The monoisotopic (exact) mass is 430 g/mol. The summed E-state index contributed by atoms with van der Waals surface area (Å²) >= 11 is 6.05. The van der Waals surface area contributed by atoms with Crippen LogP contribution in [0.3, 0.4) is 0 Å². The van der Waals surface area contributed by atoms with E-state index < -0.39 is 17.8 Å². The Balaban J connectivity index is 1.26. The summed E-state index contributed by atoms with van der Waals surface area (Å²) in [5, 5.41) is 22.7. The summed E-state index contributed by atoms with van der Waals surface area (Å²) in [7, 11) is 0. The number of aliphatic hydroxyl groups is 2. The van der Waals surface area contributed by atoms with Crippen molar-refractivity contribution in [1.82, 2.24) is 9.88 Å². The molecule has 5 rings (SSSR count). The Labute approximate surface area is 179 Å². The molecule has 5 nitrogen and oxygen atoms in total. The van der Waals surface area contributed by atoms with Gasteiger partial charge in [0.05, 0.1) is 12.2 Å². The highest BCUT2D eigenvalue weighted by atomic mass is 35.5. The Kier molecular flexibility index (Phi) is 4.98. The fraction of sp³-hybridized carbons (Fsp3) is 0.391. The van der Waals surface area contributed by atoms with Gasteiger partial charge in [0.15, 0.2) is 0 Å². The number of nitrogens with one attached hydrogen (secondary N) is 1. The van der Waals surface area contributed by atoms with Crippen molar-refractivity contribution < 1.29 is 19.3 Å². The largest absolute Gasteiger partial charge is 0.487 e. The molecule has 0 saturated carbocycles. The van der Waals surface area contributed by atoms with Crippen molar-refractivity contribution in [3.8, 4) is 5.75 Å². The van der Waals surface area contributed by atoms with Crippen molar-refractivity contribution in [3.63, 3.8) is 0 Å². The minimum Gasteiger partial charge on any atom is -0.487 e. The second-order valence-corrected chi connectivity index (χ2v) is 8.87. The van der Waals surface area contributed by atoms with Crippen LogP contribution in [0.15, 0.2) is 42.6 Å². The summed E-state index contributed by atoms with van der Waals surface area (Å²) in [6.45, 7) is 1.97. The minimum absolute atomic E-state index is 0.315. The first kappa shape index (κ1) is 19.8. The van der Waals surface area contributed by atoms with Crippen molar-refractivity contribution in [3.05, 3.63) is 64.6 Å². The van der Waals surface area contributed by atoms with Crippen LogP contribution in [-0.2, 0) is 0 Å². The summed E-state index contributed by atoms with van der Waals surface area (Å²) in [6, 6.07) is 9.92. The zero-order chi connectivity index (χ0) is 20.9. The van der Waals surface area contributed by atoms with Gasteiger partial charge in [0.25, 0.3) is 0 Å². The van der Waals surface area contributed by atoms with Crippen LogP contribution in [0, 0.1) is 5.82 Å². The van der Waals surface area contributed by atoms with Gasteiger partial charge in [-0.2, -0.15) is 0 Å². The van der Waals surface area contributed by atoms with Gasteiger partial charge in [-0.05, 0) is 49.2 Å². The molecular formula is C23H24ClFN2O3. The van der Waals surface area contributed by atoms with E-state index in [1.807, 2.05) is 6.07 Å². The first-order valence-corrected chi connectivity index (χ1v) is 10.6. The van der Waals surface area contributed by atoms with Crippen molar-refractivity contribution >= 4 is 22.5 Å². The molecule has 2 aliphatic rings. The summed E-state index contributed by atoms with van der Waals surface area (Å²) in [6.07, 6.45) is 2.52. The van der Waals surface area contributed by atoms with Gasteiger partial charge in [-0.1, -0.05) is 11.6 Å². The van der Waals surface area contributed by atoms with Crippen molar-refractivity contribution in [2.75, 3.05) is 19.6 Å². The maximum Gasteiger partial charge on any atom is 0.126 e. The van der Waals surface area contributed by atoms with Crippen LogP contribution in [-0.4, -0.2) is 45.3 Å². The summed E-state index contributed by atoms with van der Waals surface area (Å²) in [4.78, 5) is 5.29. The molecule has 0 amide bonds. The average Bonchev–Trinajstić information content (AvgIpc) is 3.14. The van der Waals surface area contributed by atoms with Crippen molar-refractivity contribution in [1.29, 1.82) is 0 Å². The van der Waals surface area contributed by atoms with Crippen LogP contribution in [0.2, 0.25) is 5.02 Å². The van der Waals surface area contributed by atoms with Gasteiger partial charge in [-0.25, -0.2) is 4.39 Å². The Hall–Kier alpha value is -2.12. The van der Waals surface area contributed by atoms with Gasteiger partial charge in [0.2, 0.25) is 0 Å². The number of benzene rings is 2. The van der Waals surface area contributed by atoms with Crippen LogP contribution in [0.1, 0.15) is 42.6 Å². The number of nitrogens with zero attached hydrogens (tertiary/aromatic N) is 1. The molecule has 7 heteroatoms. The first-order valence-electron chi connectivity index (χ1n) is 10.3. The molecule has 0 bridgehead atoms. The van der Waals surface area contributed by atoms with Crippen molar-refractivity contribution in [2.24, 2.45) is 0 Å². The fourth-order valence-corrected chi connectivity index (χ4v) is 4.97. The third kappa shape index (κ3) is 3.58. The molecule has 1 fully saturated rings. The predicted octanol–water partition coefficient (Wildman–Crippen LogP) is 4.34. The standard InChI is InChI=1S/C23H24ClFN2O3/c24-14-1-4-22-17(9-14)20(28)11-23(30-22)5-7-27(8-6-23)13-21(29)18-12-26-19-3-2-15(25)10-16(18)19/h1-4,9-10,12,20-21,26,28-29H,5-8,11,13H2/t20-,21-/m0/s1. The predicted molar refractivity (Wildman–Crippen MR) is 113 cm³/mol. The van der Waals surface area contributed by atoms with Gasteiger partial charge in [-0.3, -0.25) is 0 Å². The zero-order valence-electron chi connectivity index (χ0n) is 16.4. The highest BCUT2D eigenvalue weighted by Gasteiger charge is 2.43. The van der Waals surface area contributed by atoms with Gasteiger partial charge >= 0.3 is 0 Å². The maximum absolute atomic E-state index is 13.6. The molecule has 3 N–H and O–H groups in total.